The zero-order valence-corrected chi connectivity index (χ0v) is 11.7. The van der Waals surface area contributed by atoms with Gasteiger partial charge in [0.2, 0.25) is 0 Å². The standard InChI is InChI=1S/C11H10BrClFN3O/c1-17-11(15)6(4-16-17)10(18)5-2-3-7(12)8(13)9(5)14/h2-4,10,18H,15H2,1H3. The summed E-state index contributed by atoms with van der Waals surface area (Å²) >= 11 is 8.88. The van der Waals surface area contributed by atoms with Gasteiger partial charge in [0, 0.05) is 22.6 Å². The van der Waals surface area contributed by atoms with Gasteiger partial charge in [0.05, 0.1) is 11.2 Å². The zero-order chi connectivity index (χ0) is 13.4. The lowest BCUT2D eigenvalue weighted by molar-refractivity contribution is 0.215. The van der Waals surface area contributed by atoms with E-state index in [1.165, 1.54) is 16.9 Å². The highest BCUT2D eigenvalue weighted by molar-refractivity contribution is 9.10. The number of rotatable bonds is 2. The van der Waals surface area contributed by atoms with Gasteiger partial charge in [-0.15, -0.1) is 0 Å². The second-order valence-corrected chi connectivity index (χ2v) is 5.01. The van der Waals surface area contributed by atoms with Crippen molar-refractivity contribution in [3.8, 4) is 0 Å². The minimum Gasteiger partial charge on any atom is -0.384 e. The number of halogens is 3. The van der Waals surface area contributed by atoms with Gasteiger partial charge in [0.15, 0.2) is 0 Å². The molecule has 7 heteroatoms. The van der Waals surface area contributed by atoms with Gasteiger partial charge in [-0.05, 0) is 22.0 Å². The fourth-order valence-electron chi connectivity index (χ4n) is 1.59. The van der Waals surface area contributed by atoms with Crippen LogP contribution in [-0.2, 0) is 7.05 Å². The van der Waals surface area contributed by atoms with Crippen LogP contribution in [0.5, 0.6) is 0 Å². The van der Waals surface area contributed by atoms with E-state index in [0.717, 1.165) is 0 Å². The normalized spacial score (nSPS) is 12.7. The molecule has 2 rings (SSSR count). The predicted octanol–water partition coefficient (Wildman–Crippen LogP) is 2.64. The molecule has 4 nitrogen and oxygen atoms in total. The smallest absolute Gasteiger partial charge is 0.149 e. The van der Waals surface area contributed by atoms with E-state index in [1.54, 1.807) is 13.1 Å². The quantitative estimate of drug-likeness (QED) is 0.830. The number of aliphatic hydroxyl groups is 1. The minimum atomic E-state index is -1.20. The van der Waals surface area contributed by atoms with E-state index in [1.807, 2.05) is 0 Å². The molecular formula is C11H10BrClFN3O. The minimum absolute atomic E-state index is 0.0582. The third-order valence-electron chi connectivity index (χ3n) is 2.67. The Morgan fingerprint density at radius 2 is 2.17 bits per heavy atom. The molecule has 18 heavy (non-hydrogen) atoms. The molecule has 0 aliphatic heterocycles. The van der Waals surface area contributed by atoms with E-state index >= 15 is 0 Å². The summed E-state index contributed by atoms with van der Waals surface area (Å²) in [7, 11) is 1.64. The van der Waals surface area contributed by atoms with E-state index in [4.69, 9.17) is 17.3 Å². The van der Waals surface area contributed by atoms with Gasteiger partial charge in [0.1, 0.15) is 17.7 Å². The summed E-state index contributed by atoms with van der Waals surface area (Å²) in [6.45, 7) is 0. The molecule has 3 N–H and O–H groups in total. The van der Waals surface area contributed by atoms with Crippen LogP contribution < -0.4 is 5.73 Å². The van der Waals surface area contributed by atoms with E-state index in [-0.39, 0.29) is 16.4 Å². The van der Waals surface area contributed by atoms with E-state index in [9.17, 15) is 9.50 Å². The molecule has 0 radical (unpaired) electrons. The van der Waals surface area contributed by atoms with Crippen molar-refractivity contribution in [3.05, 3.63) is 44.8 Å². The molecule has 0 aliphatic carbocycles. The summed E-state index contributed by atoms with van der Waals surface area (Å²) in [5, 5.41) is 14.0. The molecule has 2 aromatic rings. The maximum absolute atomic E-state index is 13.9. The largest absolute Gasteiger partial charge is 0.384 e. The Balaban J connectivity index is 2.50. The van der Waals surface area contributed by atoms with Crippen LogP contribution in [0, 0.1) is 5.82 Å². The van der Waals surface area contributed by atoms with Crippen molar-refractivity contribution in [1.82, 2.24) is 9.78 Å². The molecule has 96 valence electrons. The number of hydrogen-bond acceptors (Lipinski definition) is 3. The van der Waals surface area contributed by atoms with Crippen molar-refractivity contribution in [3.63, 3.8) is 0 Å². The SMILES string of the molecule is Cn1ncc(C(O)c2ccc(Br)c(Cl)c2F)c1N. The van der Waals surface area contributed by atoms with Crippen LogP contribution in [-0.4, -0.2) is 14.9 Å². The van der Waals surface area contributed by atoms with Gasteiger partial charge in [0.25, 0.3) is 0 Å². The molecule has 1 atom stereocenters. The first kappa shape index (κ1) is 13.3. The second kappa shape index (κ2) is 4.87. The van der Waals surface area contributed by atoms with Crippen molar-refractivity contribution in [2.45, 2.75) is 6.10 Å². The number of aromatic nitrogens is 2. The van der Waals surface area contributed by atoms with Gasteiger partial charge < -0.3 is 10.8 Å². The third kappa shape index (κ3) is 2.11. The summed E-state index contributed by atoms with van der Waals surface area (Å²) in [6, 6.07) is 3.01. The number of hydrogen-bond donors (Lipinski definition) is 2. The number of benzene rings is 1. The molecule has 0 amide bonds. The first-order valence-electron chi connectivity index (χ1n) is 5.02. The average molecular weight is 335 g/mol. The Morgan fingerprint density at radius 1 is 1.50 bits per heavy atom. The summed E-state index contributed by atoms with van der Waals surface area (Å²) < 4.78 is 15.8. The van der Waals surface area contributed by atoms with Crippen LogP contribution >= 0.6 is 27.5 Å². The van der Waals surface area contributed by atoms with Crippen molar-refractivity contribution < 1.29 is 9.50 Å². The zero-order valence-electron chi connectivity index (χ0n) is 9.36. The maximum Gasteiger partial charge on any atom is 0.149 e. The highest BCUT2D eigenvalue weighted by atomic mass is 79.9. The van der Waals surface area contributed by atoms with Crippen LogP contribution in [0.4, 0.5) is 10.2 Å². The highest BCUT2D eigenvalue weighted by Crippen LogP contribution is 2.34. The number of nitrogens with two attached hydrogens (primary N) is 1. The maximum atomic E-state index is 13.9. The van der Waals surface area contributed by atoms with Gasteiger partial charge in [-0.3, -0.25) is 4.68 Å². The lowest BCUT2D eigenvalue weighted by atomic mass is 10.0. The molecular weight excluding hydrogens is 324 g/mol. The Morgan fingerprint density at radius 3 is 2.72 bits per heavy atom. The lowest BCUT2D eigenvalue weighted by Gasteiger charge is -2.13. The highest BCUT2D eigenvalue weighted by Gasteiger charge is 2.22. The topological polar surface area (TPSA) is 64.1 Å². The Bertz CT molecular complexity index is 602. The number of nitrogens with zero attached hydrogens (tertiary/aromatic N) is 2. The fraction of sp³-hybridized carbons (Fsp3) is 0.182. The first-order chi connectivity index (χ1) is 8.43. The molecule has 1 unspecified atom stereocenters. The predicted molar refractivity (Wildman–Crippen MR) is 70.8 cm³/mol. The van der Waals surface area contributed by atoms with Crippen molar-refractivity contribution in [1.29, 1.82) is 0 Å². The molecule has 1 aromatic heterocycles. The molecule has 0 saturated carbocycles. The molecule has 0 bridgehead atoms. The monoisotopic (exact) mass is 333 g/mol. The van der Waals surface area contributed by atoms with E-state index in [0.29, 0.717) is 10.0 Å². The molecule has 0 fully saturated rings. The summed E-state index contributed by atoms with van der Waals surface area (Å²) in [5.41, 5.74) is 6.14. The molecule has 0 saturated heterocycles. The van der Waals surface area contributed by atoms with Gasteiger partial charge in [-0.2, -0.15) is 5.10 Å². The van der Waals surface area contributed by atoms with Crippen molar-refractivity contribution in [2.75, 3.05) is 5.73 Å². The van der Waals surface area contributed by atoms with Gasteiger partial charge >= 0.3 is 0 Å². The van der Waals surface area contributed by atoms with E-state index < -0.39 is 11.9 Å². The summed E-state index contributed by atoms with van der Waals surface area (Å²) in [6.07, 6.45) is 0.194. The van der Waals surface area contributed by atoms with Gasteiger partial charge in [-0.25, -0.2) is 4.39 Å². The molecule has 0 spiro atoms. The van der Waals surface area contributed by atoms with Gasteiger partial charge in [-0.1, -0.05) is 17.7 Å². The first-order valence-corrected chi connectivity index (χ1v) is 6.19. The number of nitrogen functional groups attached to an aromatic ring is 1. The van der Waals surface area contributed by atoms with Crippen molar-refractivity contribution in [2.24, 2.45) is 7.05 Å². The number of anilines is 1. The number of aliphatic hydroxyl groups excluding tert-OH is 1. The number of aryl methyl sites for hydroxylation is 1. The van der Waals surface area contributed by atoms with E-state index in [2.05, 4.69) is 21.0 Å². The second-order valence-electron chi connectivity index (χ2n) is 3.78. The van der Waals surface area contributed by atoms with Crippen LogP contribution in [0.25, 0.3) is 0 Å². The lowest BCUT2D eigenvalue weighted by Crippen LogP contribution is -2.06. The van der Waals surface area contributed by atoms with Crippen LogP contribution in [0.15, 0.2) is 22.8 Å². The molecule has 1 aromatic carbocycles. The third-order valence-corrected chi connectivity index (χ3v) is 3.93. The molecule has 0 aliphatic rings. The van der Waals surface area contributed by atoms with Crippen molar-refractivity contribution >= 4 is 33.3 Å². The molecule has 1 heterocycles. The Hall–Kier alpha value is -1.11. The Kier molecular flexibility index (Phi) is 3.61. The summed E-state index contributed by atoms with van der Waals surface area (Å²) in [4.78, 5) is 0. The van der Waals surface area contributed by atoms with Crippen LogP contribution in [0.3, 0.4) is 0 Å². The Labute approximate surface area is 116 Å². The van der Waals surface area contributed by atoms with Crippen LogP contribution in [0.2, 0.25) is 5.02 Å². The fourth-order valence-corrected chi connectivity index (χ4v) is 2.07. The average Bonchev–Trinajstić information content (AvgIpc) is 2.67. The summed E-state index contributed by atoms with van der Waals surface area (Å²) in [5.74, 6) is -0.400. The van der Waals surface area contributed by atoms with Crippen LogP contribution in [0.1, 0.15) is 17.2 Å².